The predicted octanol–water partition coefficient (Wildman–Crippen LogP) is 1.96. The van der Waals surface area contributed by atoms with E-state index in [-0.39, 0.29) is 12.0 Å². The van der Waals surface area contributed by atoms with Crippen LogP contribution in [0.25, 0.3) is 0 Å². The summed E-state index contributed by atoms with van der Waals surface area (Å²) in [7, 11) is 0. The zero-order valence-corrected chi connectivity index (χ0v) is 12.4. The molecular weight excluding hydrogens is 298 g/mol. The molecule has 0 aromatic carbocycles. The van der Waals surface area contributed by atoms with E-state index in [9.17, 15) is 4.79 Å². The third-order valence-electron chi connectivity index (χ3n) is 3.62. The van der Waals surface area contributed by atoms with E-state index in [2.05, 4.69) is 15.9 Å². The molecule has 0 aliphatic carbocycles. The normalized spacial score (nSPS) is 29.3. The van der Waals surface area contributed by atoms with E-state index in [0.29, 0.717) is 19.1 Å². The minimum absolute atomic E-state index is 0.147. The number of morpholine rings is 1. The zero-order chi connectivity index (χ0) is 12.8. The third kappa shape index (κ3) is 4.21. The lowest BCUT2D eigenvalue weighted by Gasteiger charge is -2.32. The maximum atomic E-state index is 12.1. The summed E-state index contributed by atoms with van der Waals surface area (Å²) in [5.74, 6) is 0.249. The number of carbonyl (C=O) groups is 1. The summed E-state index contributed by atoms with van der Waals surface area (Å²) in [6, 6.07) is 0. The third-order valence-corrected chi connectivity index (χ3v) is 4.34. The number of amides is 1. The SMILES string of the molecule is O=C(CCC1CCCCO1)N1CCOC(CBr)C1. The molecule has 0 radical (unpaired) electrons. The number of hydrogen-bond donors (Lipinski definition) is 0. The van der Waals surface area contributed by atoms with Crippen LogP contribution < -0.4 is 0 Å². The van der Waals surface area contributed by atoms with Crippen LogP contribution in [0.15, 0.2) is 0 Å². The maximum Gasteiger partial charge on any atom is 0.222 e. The van der Waals surface area contributed by atoms with E-state index < -0.39 is 0 Å². The van der Waals surface area contributed by atoms with Crippen LogP contribution in [0.5, 0.6) is 0 Å². The van der Waals surface area contributed by atoms with Gasteiger partial charge in [-0.15, -0.1) is 0 Å². The van der Waals surface area contributed by atoms with E-state index in [0.717, 1.165) is 37.9 Å². The summed E-state index contributed by atoms with van der Waals surface area (Å²) in [6.45, 7) is 2.97. The lowest BCUT2D eigenvalue weighted by molar-refractivity contribution is -0.138. The van der Waals surface area contributed by atoms with Crippen molar-refractivity contribution in [3.63, 3.8) is 0 Å². The van der Waals surface area contributed by atoms with Crippen LogP contribution >= 0.6 is 15.9 Å². The summed E-state index contributed by atoms with van der Waals surface area (Å²) >= 11 is 3.41. The Bertz CT molecular complexity index is 269. The summed E-state index contributed by atoms with van der Waals surface area (Å²) in [5.41, 5.74) is 0. The first-order chi connectivity index (χ1) is 8.79. The van der Waals surface area contributed by atoms with Crippen molar-refractivity contribution < 1.29 is 14.3 Å². The van der Waals surface area contributed by atoms with Gasteiger partial charge < -0.3 is 14.4 Å². The van der Waals surface area contributed by atoms with E-state index in [4.69, 9.17) is 9.47 Å². The molecule has 5 heteroatoms. The van der Waals surface area contributed by atoms with Crippen molar-refractivity contribution in [2.45, 2.75) is 44.3 Å². The first kappa shape index (κ1) is 14.3. The average Bonchev–Trinajstić information content (AvgIpc) is 2.46. The number of halogens is 1. The molecule has 0 saturated carbocycles. The standard InChI is InChI=1S/C13H22BrNO3/c14-9-12-10-15(6-8-18-12)13(16)5-4-11-3-1-2-7-17-11/h11-12H,1-10H2. The Labute approximate surface area is 117 Å². The second kappa shape index (κ2) is 7.46. The highest BCUT2D eigenvalue weighted by molar-refractivity contribution is 9.09. The quantitative estimate of drug-likeness (QED) is 0.743. The Hall–Kier alpha value is -0.130. The highest BCUT2D eigenvalue weighted by Gasteiger charge is 2.24. The van der Waals surface area contributed by atoms with Crippen molar-refractivity contribution in [2.24, 2.45) is 0 Å². The second-order valence-electron chi connectivity index (χ2n) is 5.01. The van der Waals surface area contributed by atoms with Crippen LogP contribution in [0.4, 0.5) is 0 Å². The first-order valence-corrected chi connectivity index (χ1v) is 7.98. The molecule has 18 heavy (non-hydrogen) atoms. The van der Waals surface area contributed by atoms with Crippen molar-refractivity contribution in [1.82, 2.24) is 4.90 Å². The lowest BCUT2D eigenvalue weighted by Crippen LogP contribution is -2.46. The van der Waals surface area contributed by atoms with Gasteiger partial charge in [0.2, 0.25) is 5.91 Å². The van der Waals surface area contributed by atoms with Crippen molar-refractivity contribution in [2.75, 3.05) is 31.6 Å². The first-order valence-electron chi connectivity index (χ1n) is 6.86. The molecule has 0 aromatic heterocycles. The molecular formula is C13H22BrNO3. The minimum Gasteiger partial charge on any atom is -0.378 e. The molecule has 2 heterocycles. The molecule has 104 valence electrons. The molecule has 1 amide bonds. The van der Waals surface area contributed by atoms with Gasteiger partial charge >= 0.3 is 0 Å². The van der Waals surface area contributed by atoms with Gasteiger partial charge in [0.05, 0.1) is 18.8 Å². The molecule has 0 aromatic rings. The Morgan fingerprint density at radius 3 is 2.78 bits per heavy atom. The van der Waals surface area contributed by atoms with Crippen molar-refractivity contribution in [1.29, 1.82) is 0 Å². The van der Waals surface area contributed by atoms with Crippen LogP contribution in [-0.4, -0.2) is 54.6 Å². The van der Waals surface area contributed by atoms with Gasteiger partial charge in [0.25, 0.3) is 0 Å². The maximum absolute atomic E-state index is 12.1. The molecule has 4 nitrogen and oxygen atoms in total. The summed E-state index contributed by atoms with van der Waals surface area (Å²) in [5, 5.41) is 0.794. The van der Waals surface area contributed by atoms with Gasteiger partial charge in [-0.25, -0.2) is 0 Å². The van der Waals surface area contributed by atoms with Crippen LogP contribution in [0, 0.1) is 0 Å². The zero-order valence-electron chi connectivity index (χ0n) is 10.8. The van der Waals surface area contributed by atoms with Crippen molar-refractivity contribution in [3.8, 4) is 0 Å². The molecule has 2 fully saturated rings. The molecule has 2 saturated heterocycles. The summed E-state index contributed by atoms with van der Waals surface area (Å²) < 4.78 is 11.2. The molecule has 2 unspecified atom stereocenters. The minimum atomic E-state index is 0.147. The fourth-order valence-electron chi connectivity index (χ4n) is 2.52. The Morgan fingerprint density at radius 2 is 2.06 bits per heavy atom. The largest absolute Gasteiger partial charge is 0.378 e. The van der Waals surface area contributed by atoms with E-state index in [1.165, 1.54) is 12.8 Å². The predicted molar refractivity (Wildman–Crippen MR) is 72.9 cm³/mol. The van der Waals surface area contributed by atoms with Crippen LogP contribution in [0.3, 0.4) is 0 Å². The highest BCUT2D eigenvalue weighted by atomic mass is 79.9. The van der Waals surface area contributed by atoms with Gasteiger partial charge in [0.1, 0.15) is 0 Å². The second-order valence-corrected chi connectivity index (χ2v) is 5.66. The van der Waals surface area contributed by atoms with Gasteiger partial charge in [0.15, 0.2) is 0 Å². The molecule has 2 rings (SSSR count). The number of carbonyl (C=O) groups excluding carboxylic acids is 1. The van der Waals surface area contributed by atoms with Crippen LogP contribution in [-0.2, 0) is 14.3 Å². The van der Waals surface area contributed by atoms with Crippen molar-refractivity contribution >= 4 is 21.8 Å². The fraction of sp³-hybridized carbons (Fsp3) is 0.923. The Kier molecular flexibility index (Phi) is 5.92. The Morgan fingerprint density at radius 1 is 1.22 bits per heavy atom. The van der Waals surface area contributed by atoms with E-state index in [1.807, 2.05) is 4.90 Å². The Balaban J connectivity index is 1.70. The average molecular weight is 320 g/mol. The molecule has 0 N–H and O–H groups in total. The number of nitrogens with zero attached hydrogens (tertiary/aromatic N) is 1. The molecule has 2 atom stereocenters. The van der Waals surface area contributed by atoms with E-state index >= 15 is 0 Å². The fourth-order valence-corrected chi connectivity index (χ4v) is 2.91. The van der Waals surface area contributed by atoms with Gasteiger partial charge in [-0.2, -0.15) is 0 Å². The van der Waals surface area contributed by atoms with Crippen molar-refractivity contribution in [3.05, 3.63) is 0 Å². The van der Waals surface area contributed by atoms with Gasteiger partial charge in [0, 0.05) is 31.4 Å². The van der Waals surface area contributed by atoms with Gasteiger partial charge in [-0.3, -0.25) is 4.79 Å². The number of rotatable bonds is 4. The molecule has 0 spiro atoms. The summed E-state index contributed by atoms with van der Waals surface area (Å²) in [6.07, 6.45) is 5.45. The molecule has 0 bridgehead atoms. The highest BCUT2D eigenvalue weighted by Crippen LogP contribution is 2.18. The van der Waals surface area contributed by atoms with Crippen LogP contribution in [0.2, 0.25) is 0 Å². The lowest BCUT2D eigenvalue weighted by atomic mass is 10.0. The number of alkyl halides is 1. The smallest absolute Gasteiger partial charge is 0.222 e. The van der Waals surface area contributed by atoms with Gasteiger partial charge in [-0.05, 0) is 25.7 Å². The number of hydrogen-bond acceptors (Lipinski definition) is 3. The molecule has 2 aliphatic heterocycles. The topological polar surface area (TPSA) is 38.8 Å². The van der Waals surface area contributed by atoms with E-state index in [1.54, 1.807) is 0 Å². The molecule has 2 aliphatic rings. The van der Waals surface area contributed by atoms with Gasteiger partial charge in [-0.1, -0.05) is 15.9 Å². The van der Waals surface area contributed by atoms with Crippen LogP contribution in [0.1, 0.15) is 32.1 Å². The summed E-state index contributed by atoms with van der Waals surface area (Å²) in [4.78, 5) is 14.0. The monoisotopic (exact) mass is 319 g/mol. The number of ether oxygens (including phenoxy) is 2.